The quantitative estimate of drug-likeness (QED) is 0.0367. The number of hydrogen-bond acceptors (Lipinski definition) is 15. The molecule has 2 aromatic heterocycles. The zero-order valence-electron chi connectivity index (χ0n) is 42.5. The number of carbonyl (C=O) groups excluding carboxylic acids is 4. The van der Waals surface area contributed by atoms with Crippen molar-refractivity contribution < 1.29 is 43.2 Å². The van der Waals surface area contributed by atoms with Crippen LogP contribution in [0.15, 0.2) is 60.2 Å². The van der Waals surface area contributed by atoms with Crippen LogP contribution >= 0.6 is 22.9 Å². The van der Waals surface area contributed by atoms with Gasteiger partial charge >= 0.3 is 0 Å². The summed E-state index contributed by atoms with van der Waals surface area (Å²) < 4.78 is 23.1. The summed E-state index contributed by atoms with van der Waals surface area (Å²) in [5.74, 6) is 0.456. The average Bonchev–Trinajstić information content (AvgIpc) is 3.96. The molecule has 72 heavy (non-hydrogen) atoms. The highest BCUT2D eigenvalue weighted by Crippen LogP contribution is 2.34. The number of anilines is 3. The molecular weight excluding hydrogens is 960 g/mol. The Balaban J connectivity index is 0.767. The number of nitrogens with one attached hydrogen (secondary N) is 3. The second kappa shape index (κ2) is 28.3. The van der Waals surface area contributed by atoms with Crippen LogP contribution in [0.25, 0.3) is 10.4 Å². The maximum Gasteiger partial charge on any atom is 0.243 e. The molecule has 1 aliphatic heterocycles. The molecule has 19 heteroatoms. The summed E-state index contributed by atoms with van der Waals surface area (Å²) in [7, 11) is 1.83. The number of benzene rings is 2. The maximum absolute atomic E-state index is 14.0. The third kappa shape index (κ3) is 17.5. The molecule has 0 spiro atoms. The molecule has 2 aromatic carbocycles. The van der Waals surface area contributed by atoms with Gasteiger partial charge in [-0.3, -0.25) is 19.2 Å². The van der Waals surface area contributed by atoms with E-state index in [-0.39, 0.29) is 62.0 Å². The Morgan fingerprint density at radius 2 is 1.60 bits per heavy atom. The van der Waals surface area contributed by atoms with Gasteiger partial charge in [0.15, 0.2) is 11.6 Å². The number of aromatic nitrogens is 3. The summed E-state index contributed by atoms with van der Waals surface area (Å²) in [6, 6.07) is 14.6. The highest BCUT2D eigenvalue weighted by atomic mass is 35.5. The van der Waals surface area contributed by atoms with Crippen molar-refractivity contribution in [1.82, 2.24) is 30.1 Å². The van der Waals surface area contributed by atoms with E-state index in [1.165, 1.54) is 4.90 Å². The first kappa shape index (κ1) is 56.1. The van der Waals surface area contributed by atoms with Gasteiger partial charge in [-0.05, 0) is 79.8 Å². The van der Waals surface area contributed by atoms with Gasteiger partial charge in [0, 0.05) is 103 Å². The van der Waals surface area contributed by atoms with Crippen LogP contribution in [0.5, 0.6) is 5.75 Å². The first-order valence-corrected chi connectivity index (χ1v) is 26.4. The molecule has 1 aliphatic carbocycles. The molecule has 3 amide bonds. The number of hydrogen-bond donors (Lipinski definition) is 4. The van der Waals surface area contributed by atoms with Crippen LogP contribution in [-0.4, -0.2) is 138 Å². The number of halogens is 1. The predicted molar refractivity (Wildman–Crippen MR) is 279 cm³/mol. The number of ether oxygens (including phenoxy) is 4. The van der Waals surface area contributed by atoms with E-state index in [0.717, 1.165) is 71.7 Å². The molecule has 3 heterocycles. The Morgan fingerprint density at radius 1 is 0.917 bits per heavy atom. The van der Waals surface area contributed by atoms with Crippen molar-refractivity contribution in [1.29, 1.82) is 0 Å². The van der Waals surface area contributed by atoms with Crippen molar-refractivity contribution in [2.45, 2.75) is 104 Å². The van der Waals surface area contributed by atoms with Crippen LogP contribution in [0, 0.1) is 24.2 Å². The molecule has 2 fully saturated rings. The molecule has 6 rings (SSSR count). The van der Waals surface area contributed by atoms with E-state index in [2.05, 4.69) is 30.9 Å². The molecule has 4 aromatic rings. The molecular formula is C53H73ClN8O9S. The van der Waals surface area contributed by atoms with E-state index in [9.17, 15) is 24.3 Å². The van der Waals surface area contributed by atoms with Crippen LogP contribution in [-0.2, 0) is 39.9 Å². The predicted octanol–water partition coefficient (Wildman–Crippen LogP) is 7.86. The van der Waals surface area contributed by atoms with E-state index in [0.29, 0.717) is 75.9 Å². The highest BCUT2D eigenvalue weighted by molar-refractivity contribution is 7.13. The molecule has 0 bridgehead atoms. The van der Waals surface area contributed by atoms with Crippen LogP contribution < -0.4 is 20.7 Å². The fourth-order valence-electron chi connectivity index (χ4n) is 8.36. The number of likely N-dealkylation sites (tertiary alicyclic amines) is 1. The summed E-state index contributed by atoms with van der Waals surface area (Å²) in [5, 5.41) is 20.3. The van der Waals surface area contributed by atoms with E-state index < -0.39 is 23.5 Å². The van der Waals surface area contributed by atoms with Gasteiger partial charge in [0.25, 0.3) is 0 Å². The first-order chi connectivity index (χ1) is 34.7. The summed E-state index contributed by atoms with van der Waals surface area (Å²) in [6.45, 7) is 12.1. The first-order valence-electron chi connectivity index (χ1n) is 25.2. The van der Waals surface area contributed by atoms with Crippen molar-refractivity contribution in [2.24, 2.45) is 17.3 Å². The van der Waals surface area contributed by atoms with Gasteiger partial charge in [0.1, 0.15) is 23.4 Å². The van der Waals surface area contributed by atoms with Crippen molar-refractivity contribution in [2.75, 3.05) is 83.6 Å². The van der Waals surface area contributed by atoms with Gasteiger partial charge in [0.2, 0.25) is 23.7 Å². The molecule has 17 nitrogen and oxygen atoms in total. The second-order valence-electron chi connectivity index (χ2n) is 19.6. The number of amides is 3. The number of Topliss-reactive ketones (excluding diaryl/α,β-unsaturated/α-hetero) is 1. The molecule has 3 atom stereocenters. The highest BCUT2D eigenvalue weighted by Gasteiger charge is 2.44. The van der Waals surface area contributed by atoms with Crippen LogP contribution in [0.1, 0.15) is 89.8 Å². The van der Waals surface area contributed by atoms with Gasteiger partial charge in [-0.1, -0.05) is 63.1 Å². The fraction of sp³-hybridized carbons (Fsp3) is 0.566. The van der Waals surface area contributed by atoms with E-state index in [1.807, 2.05) is 88.8 Å². The molecule has 0 unspecified atom stereocenters. The zero-order valence-corrected chi connectivity index (χ0v) is 44.0. The molecule has 392 valence electrons. The zero-order chi connectivity index (χ0) is 51.5. The molecule has 0 radical (unpaired) electrons. The Kier molecular flexibility index (Phi) is 22.0. The number of thiazole rings is 1. The number of aliphatic hydroxyl groups excluding tert-OH is 1. The van der Waals surface area contributed by atoms with Crippen LogP contribution in [0.4, 0.5) is 17.5 Å². The van der Waals surface area contributed by atoms with E-state index in [4.69, 9.17) is 30.5 Å². The van der Waals surface area contributed by atoms with Gasteiger partial charge in [-0.25, -0.2) is 9.97 Å². The minimum Gasteiger partial charge on any atom is -0.494 e. The number of β-amino-alcohol motifs (C(OH)–C–C–N with tert-alkyl or cyclic N) is 1. The summed E-state index contributed by atoms with van der Waals surface area (Å²) in [6.07, 6.45) is 7.00. The third-order valence-corrected chi connectivity index (χ3v) is 14.1. The monoisotopic (exact) mass is 1030 g/mol. The molecule has 2 aliphatic rings. The minimum absolute atomic E-state index is 0.0266. The third-order valence-electron chi connectivity index (χ3n) is 12.9. The summed E-state index contributed by atoms with van der Waals surface area (Å²) >= 11 is 7.91. The van der Waals surface area contributed by atoms with Gasteiger partial charge in [-0.15, -0.1) is 11.3 Å². The Labute approximate surface area is 433 Å². The number of aryl methyl sites for hydroxylation is 1. The lowest BCUT2D eigenvalue weighted by Gasteiger charge is -2.34. The number of ketones is 1. The molecule has 1 saturated heterocycles. The van der Waals surface area contributed by atoms with Crippen molar-refractivity contribution in [3.8, 4) is 16.2 Å². The van der Waals surface area contributed by atoms with Crippen molar-refractivity contribution in [3.05, 3.63) is 76.5 Å². The Morgan fingerprint density at radius 3 is 2.25 bits per heavy atom. The average molecular weight is 1030 g/mol. The topological polar surface area (TPSA) is 207 Å². The maximum atomic E-state index is 14.0. The standard InChI is InChI=1S/C53H73ClN8O9S/c1-36-47(72-35-58-36)38-15-13-37(14-16-38)31-56-49(65)46-30-41(63)33-62(46)51(67)44(53(2,3)4)29-42(64)34-70-27-9-25-68-23-6-7-24-69-26-10-28-71-43-19-17-40(18-20-43)59-52-57-32-45(54)48(60-52)55-21-22-61(5)50(66)39-11-8-12-39/h13-20,32,35,39,41,44,46,63H,6-12,21-31,33-34H2,1-5H3,(H,56,65)(H2,55,57,59,60)/t41-,44-,46+/m0/s1. The lowest BCUT2D eigenvalue weighted by atomic mass is 9.77. The minimum atomic E-state index is -0.834. The normalized spacial score (nSPS) is 16.2. The van der Waals surface area contributed by atoms with Gasteiger partial charge in [0.05, 0.1) is 35.0 Å². The van der Waals surface area contributed by atoms with Crippen molar-refractivity contribution >= 4 is 63.9 Å². The van der Waals surface area contributed by atoms with Crippen molar-refractivity contribution in [3.63, 3.8) is 0 Å². The number of nitrogens with zero attached hydrogens (tertiary/aromatic N) is 5. The number of carbonyl (C=O) groups is 4. The number of likely N-dealkylation sites (N-methyl/N-ethyl adjacent to an activating group) is 1. The largest absolute Gasteiger partial charge is 0.494 e. The SMILES string of the molecule is Cc1ncsc1-c1ccc(CNC(=O)[C@H]2C[C@H](O)CN2C(=O)[C@H](CC(=O)COCCCOCCCCOCCCOc2ccc(Nc3ncc(Cl)c(NCCN(C)C(=O)C4CCC4)n3)cc2)C(C)(C)C)cc1. The Hall–Kier alpha value is -5.24. The van der Waals surface area contributed by atoms with Gasteiger partial charge in [-0.2, -0.15) is 4.98 Å². The summed E-state index contributed by atoms with van der Waals surface area (Å²) in [4.78, 5) is 70.4. The van der Waals surface area contributed by atoms with Crippen LogP contribution in [0.3, 0.4) is 0 Å². The summed E-state index contributed by atoms with van der Waals surface area (Å²) in [5.41, 5.74) is 4.99. The molecule has 4 N–H and O–H groups in total. The number of aliphatic hydroxyl groups is 1. The smallest absolute Gasteiger partial charge is 0.243 e. The lowest BCUT2D eigenvalue weighted by molar-refractivity contribution is -0.146. The molecule has 1 saturated carbocycles. The lowest BCUT2D eigenvalue weighted by Crippen LogP contribution is -2.50. The fourth-order valence-corrected chi connectivity index (χ4v) is 9.33. The van der Waals surface area contributed by atoms with Crippen LogP contribution in [0.2, 0.25) is 5.02 Å². The Bertz CT molecular complexity index is 2340. The van der Waals surface area contributed by atoms with E-state index >= 15 is 0 Å². The number of rotatable bonds is 30. The van der Waals surface area contributed by atoms with E-state index in [1.54, 1.807) is 22.4 Å². The second-order valence-corrected chi connectivity index (χ2v) is 20.9. The van der Waals surface area contributed by atoms with Gasteiger partial charge < -0.3 is 49.8 Å². The number of unbranched alkanes of at least 4 members (excludes halogenated alkanes) is 1.